The maximum absolute atomic E-state index is 14.4. The Morgan fingerprint density at radius 3 is 2.53 bits per heavy atom. The molecular weight excluding hydrogens is 461 g/mol. The number of thiophene rings is 1. The number of pyridine rings is 2. The molecule has 0 aliphatic heterocycles. The number of carbonyl (C=O) groups is 2. The van der Waals surface area contributed by atoms with Crippen LogP contribution in [0, 0.1) is 5.95 Å². The van der Waals surface area contributed by atoms with Crippen LogP contribution < -0.4 is 5.32 Å². The van der Waals surface area contributed by atoms with Crippen molar-refractivity contribution < 1.29 is 32.2 Å². The summed E-state index contributed by atoms with van der Waals surface area (Å²) in [6, 6.07) is 8.58. The van der Waals surface area contributed by atoms with Crippen LogP contribution in [0.15, 0.2) is 70.2 Å². The van der Waals surface area contributed by atoms with Gasteiger partial charge in [-0.3, -0.25) is 5.32 Å². The van der Waals surface area contributed by atoms with E-state index < -0.39 is 34.0 Å². The van der Waals surface area contributed by atoms with E-state index in [0.717, 1.165) is 11.3 Å². The number of carboxylic acids is 1. The minimum atomic E-state index is -4.15. The van der Waals surface area contributed by atoms with E-state index in [4.69, 9.17) is 9.84 Å². The van der Waals surface area contributed by atoms with Crippen molar-refractivity contribution in [2.24, 2.45) is 0 Å². The van der Waals surface area contributed by atoms with Crippen molar-refractivity contribution in [3.63, 3.8) is 0 Å². The third-order valence-corrected chi connectivity index (χ3v) is 7.42. The van der Waals surface area contributed by atoms with Gasteiger partial charge in [0.15, 0.2) is 11.3 Å². The summed E-state index contributed by atoms with van der Waals surface area (Å²) in [5.41, 5.74) is -0.0323. The van der Waals surface area contributed by atoms with Gasteiger partial charge in [0.2, 0.25) is 15.8 Å². The van der Waals surface area contributed by atoms with E-state index in [0.29, 0.717) is 12.2 Å². The number of halogens is 1. The Kier molecular flexibility index (Phi) is 7.08. The van der Waals surface area contributed by atoms with Gasteiger partial charge >= 0.3 is 11.9 Å². The highest BCUT2D eigenvalue weighted by Crippen LogP contribution is 2.40. The molecule has 9 nitrogen and oxygen atoms in total. The Balaban J connectivity index is 2.12. The van der Waals surface area contributed by atoms with Crippen LogP contribution in [0.2, 0.25) is 0 Å². The van der Waals surface area contributed by atoms with Gasteiger partial charge in [0.1, 0.15) is 4.21 Å². The van der Waals surface area contributed by atoms with E-state index in [1.807, 2.05) is 0 Å². The molecular formula is C20H16FN3O6S2. The number of rotatable bonds is 8. The molecule has 0 aliphatic carbocycles. The third-order valence-electron chi connectivity index (χ3n) is 4.04. The van der Waals surface area contributed by atoms with E-state index >= 15 is 0 Å². The number of sulfone groups is 1. The Hall–Kier alpha value is -3.48. The van der Waals surface area contributed by atoms with Gasteiger partial charge in [0.05, 0.1) is 4.88 Å². The molecule has 0 saturated heterocycles. The highest BCUT2D eigenvalue weighted by molar-refractivity contribution is 7.93. The van der Waals surface area contributed by atoms with Crippen molar-refractivity contribution in [3.05, 3.63) is 71.8 Å². The summed E-state index contributed by atoms with van der Waals surface area (Å²) in [6.07, 6.45) is 2.74. The molecule has 3 aromatic rings. The number of aliphatic carboxylic acids is 1. The number of carboxylic acid groups (broad SMARTS) is 1. The van der Waals surface area contributed by atoms with Gasteiger partial charge < -0.3 is 9.84 Å². The second-order valence-corrected chi connectivity index (χ2v) is 9.32. The molecule has 3 heterocycles. The predicted octanol–water partition coefficient (Wildman–Crippen LogP) is 2.58. The molecule has 1 atom stereocenters. The van der Waals surface area contributed by atoms with Crippen LogP contribution in [0.3, 0.4) is 0 Å². The summed E-state index contributed by atoms with van der Waals surface area (Å²) in [5, 5.41) is 11.1. The number of hydrogen-bond acceptors (Lipinski definition) is 9. The topological polar surface area (TPSA) is 136 Å². The first kappa shape index (κ1) is 23.2. The Morgan fingerprint density at radius 2 is 1.91 bits per heavy atom. The summed E-state index contributed by atoms with van der Waals surface area (Å²) in [4.78, 5) is 30.2. The summed E-state index contributed by atoms with van der Waals surface area (Å²) in [7, 11) is -2.70. The second kappa shape index (κ2) is 9.77. The lowest BCUT2D eigenvalue weighted by Crippen LogP contribution is -2.21. The largest absolute Gasteiger partial charge is 0.478 e. The van der Waals surface area contributed by atoms with Crippen molar-refractivity contribution >= 4 is 33.1 Å². The Morgan fingerprint density at radius 1 is 1.16 bits per heavy atom. The molecule has 32 heavy (non-hydrogen) atoms. The molecule has 0 amide bonds. The second-order valence-electron chi connectivity index (χ2n) is 6.14. The number of ether oxygens (including phenoxy) is 1. The van der Waals surface area contributed by atoms with Crippen LogP contribution in [0.4, 0.5) is 4.39 Å². The lowest BCUT2D eigenvalue weighted by atomic mass is 10.1. The first-order valence-electron chi connectivity index (χ1n) is 8.93. The average Bonchev–Trinajstić information content (AvgIpc) is 3.23. The lowest BCUT2D eigenvalue weighted by molar-refractivity contribution is -0.145. The molecule has 3 aromatic heterocycles. The molecule has 0 fully saturated rings. The molecule has 0 spiro atoms. The zero-order valence-corrected chi connectivity index (χ0v) is 18.1. The quantitative estimate of drug-likeness (QED) is 0.217. The molecule has 12 heteroatoms. The third kappa shape index (κ3) is 5.04. The summed E-state index contributed by atoms with van der Waals surface area (Å²) in [6.45, 7) is 0. The van der Waals surface area contributed by atoms with Gasteiger partial charge in [-0.2, -0.15) is 4.39 Å². The van der Waals surface area contributed by atoms with Gasteiger partial charge in [-0.1, -0.05) is 6.07 Å². The highest BCUT2D eigenvalue weighted by atomic mass is 32.2. The Bertz CT molecular complexity index is 1280. The standard InChI is InChI=1S/C20H16FN3O6S2/c1-22-19(30-17(27)8-7-16(25)26)14-11-13(12-5-4-10-24-18(12)21)20(31-14)32(28,29)15-6-2-3-9-23-15/h2-11,19,22H,1H3,(H,25,26)/b8-7+. The summed E-state index contributed by atoms with van der Waals surface area (Å²) < 4.78 is 45.9. The van der Waals surface area contributed by atoms with Crippen molar-refractivity contribution in [1.82, 2.24) is 15.3 Å². The van der Waals surface area contributed by atoms with Gasteiger partial charge in [0, 0.05) is 35.7 Å². The van der Waals surface area contributed by atoms with Crippen LogP contribution in [0.1, 0.15) is 11.1 Å². The average molecular weight is 477 g/mol. The van der Waals surface area contributed by atoms with Crippen LogP contribution in [-0.2, 0) is 24.2 Å². The smallest absolute Gasteiger partial charge is 0.332 e. The molecule has 0 bridgehead atoms. The Labute approximate surface area is 186 Å². The van der Waals surface area contributed by atoms with E-state index in [2.05, 4.69) is 15.3 Å². The number of aromatic nitrogens is 2. The lowest BCUT2D eigenvalue weighted by Gasteiger charge is -2.14. The predicted molar refractivity (Wildman–Crippen MR) is 112 cm³/mol. The van der Waals surface area contributed by atoms with Gasteiger partial charge in [-0.05, 0) is 37.4 Å². The minimum absolute atomic E-state index is 0.0265. The first-order valence-corrected chi connectivity index (χ1v) is 11.2. The SMILES string of the molecule is CNC(OC(=O)/C=C/C(=O)O)c1cc(-c2cccnc2F)c(S(=O)(=O)c2ccccn2)s1. The fourth-order valence-electron chi connectivity index (χ4n) is 2.65. The van der Waals surface area contributed by atoms with Gasteiger partial charge in [-0.15, -0.1) is 11.3 Å². The maximum Gasteiger partial charge on any atom is 0.332 e. The highest BCUT2D eigenvalue weighted by Gasteiger charge is 2.30. The fraction of sp³-hybridized carbons (Fsp3) is 0.100. The zero-order chi connectivity index (χ0) is 23.3. The number of nitrogens with one attached hydrogen (secondary N) is 1. The molecule has 2 N–H and O–H groups in total. The number of hydrogen-bond donors (Lipinski definition) is 2. The first-order chi connectivity index (χ1) is 15.2. The van der Waals surface area contributed by atoms with E-state index in [1.165, 1.54) is 49.8 Å². The van der Waals surface area contributed by atoms with Crippen molar-refractivity contribution in [3.8, 4) is 11.1 Å². The molecule has 3 rings (SSSR count). The van der Waals surface area contributed by atoms with Crippen molar-refractivity contribution in [2.45, 2.75) is 15.5 Å². The van der Waals surface area contributed by atoms with E-state index in [-0.39, 0.29) is 25.2 Å². The molecule has 0 saturated carbocycles. The molecule has 0 radical (unpaired) electrons. The van der Waals surface area contributed by atoms with Crippen molar-refractivity contribution in [1.29, 1.82) is 0 Å². The zero-order valence-electron chi connectivity index (χ0n) is 16.4. The number of nitrogens with zero attached hydrogens (tertiary/aromatic N) is 2. The molecule has 166 valence electrons. The summed E-state index contributed by atoms with van der Waals surface area (Å²) >= 11 is 0.761. The van der Waals surface area contributed by atoms with E-state index in [9.17, 15) is 22.4 Å². The van der Waals surface area contributed by atoms with Crippen molar-refractivity contribution in [2.75, 3.05) is 7.05 Å². The summed E-state index contributed by atoms with van der Waals surface area (Å²) in [5.74, 6) is -3.18. The molecule has 1 unspecified atom stereocenters. The van der Waals surface area contributed by atoms with Crippen LogP contribution in [0.5, 0.6) is 0 Å². The van der Waals surface area contributed by atoms with Crippen LogP contribution in [0.25, 0.3) is 11.1 Å². The maximum atomic E-state index is 14.4. The van der Waals surface area contributed by atoms with E-state index in [1.54, 1.807) is 6.07 Å². The monoisotopic (exact) mass is 477 g/mol. The van der Waals surface area contributed by atoms with Crippen LogP contribution in [-0.4, -0.2) is 42.5 Å². The van der Waals surface area contributed by atoms with Crippen LogP contribution >= 0.6 is 11.3 Å². The minimum Gasteiger partial charge on any atom is -0.478 e. The van der Waals surface area contributed by atoms with Gasteiger partial charge in [0.25, 0.3) is 0 Å². The normalized spacial score (nSPS) is 12.6. The number of esters is 1. The number of carbonyl (C=O) groups excluding carboxylic acids is 1. The van der Waals surface area contributed by atoms with Gasteiger partial charge in [-0.25, -0.2) is 28.0 Å². The fourth-order valence-corrected chi connectivity index (χ4v) is 5.68. The molecule has 0 aromatic carbocycles. The molecule has 0 aliphatic rings.